The van der Waals surface area contributed by atoms with E-state index in [1.807, 2.05) is 19.1 Å². The van der Waals surface area contributed by atoms with E-state index in [0.29, 0.717) is 12.1 Å². The number of methoxy groups -OCH3 is 1. The van der Waals surface area contributed by atoms with Crippen LogP contribution >= 0.6 is 0 Å². The lowest BCUT2D eigenvalue weighted by atomic mass is 10.2. The number of carbonyl (C=O) groups is 1. The predicted octanol–water partition coefficient (Wildman–Crippen LogP) is 2.53. The molecular formula is C13H16FNO2. The third-order valence-electron chi connectivity index (χ3n) is 2.25. The summed E-state index contributed by atoms with van der Waals surface area (Å²) in [7, 11) is 1.38. The number of nitrogens with one attached hydrogen (secondary N) is 1. The average Bonchev–Trinajstić information content (AvgIpc) is 2.34. The van der Waals surface area contributed by atoms with Crippen LogP contribution in [0.1, 0.15) is 23.7 Å². The molecule has 1 amide bonds. The van der Waals surface area contributed by atoms with Crippen molar-refractivity contribution < 1.29 is 13.9 Å². The van der Waals surface area contributed by atoms with Crippen molar-refractivity contribution in [2.45, 2.75) is 13.3 Å². The van der Waals surface area contributed by atoms with E-state index >= 15 is 0 Å². The third-order valence-corrected chi connectivity index (χ3v) is 2.25. The highest BCUT2D eigenvalue weighted by Crippen LogP contribution is 2.17. The van der Waals surface area contributed by atoms with E-state index in [4.69, 9.17) is 4.74 Å². The first kappa shape index (κ1) is 13.2. The number of rotatable bonds is 5. The van der Waals surface area contributed by atoms with E-state index in [2.05, 4.69) is 5.32 Å². The standard InChI is InChI=1S/C13H16FNO2/c1-3-4-5-8-15-13(16)10-6-7-12(17-2)11(14)9-10/h3-4,6-7,9H,5,8H2,1-2H3,(H,15,16)/b4-3+. The lowest BCUT2D eigenvalue weighted by molar-refractivity contribution is 0.0954. The van der Waals surface area contributed by atoms with Crippen molar-refractivity contribution in [3.8, 4) is 5.75 Å². The molecule has 0 heterocycles. The molecule has 0 aliphatic rings. The molecule has 1 aromatic carbocycles. The molecule has 3 nitrogen and oxygen atoms in total. The summed E-state index contributed by atoms with van der Waals surface area (Å²) < 4.78 is 18.1. The Balaban J connectivity index is 2.60. The minimum Gasteiger partial charge on any atom is -0.494 e. The van der Waals surface area contributed by atoms with Gasteiger partial charge in [0, 0.05) is 12.1 Å². The van der Waals surface area contributed by atoms with Crippen molar-refractivity contribution in [2.24, 2.45) is 0 Å². The van der Waals surface area contributed by atoms with E-state index in [9.17, 15) is 9.18 Å². The second kappa shape index (κ2) is 6.68. The smallest absolute Gasteiger partial charge is 0.251 e. The molecule has 0 saturated carbocycles. The summed E-state index contributed by atoms with van der Waals surface area (Å²) in [6.07, 6.45) is 4.63. The normalized spacial score (nSPS) is 10.5. The van der Waals surface area contributed by atoms with E-state index < -0.39 is 5.82 Å². The number of hydrogen-bond acceptors (Lipinski definition) is 2. The minimum absolute atomic E-state index is 0.135. The molecule has 92 valence electrons. The van der Waals surface area contributed by atoms with Crippen LogP contribution in [0.25, 0.3) is 0 Å². The van der Waals surface area contributed by atoms with Gasteiger partial charge in [-0.3, -0.25) is 4.79 Å². The molecule has 4 heteroatoms. The maximum Gasteiger partial charge on any atom is 0.251 e. The molecule has 0 radical (unpaired) electrons. The first-order valence-corrected chi connectivity index (χ1v) is 5.42. The first-order valence-electron chi connectivity index (χ1n) is 5.42. The Labute approximate surface area is 100 Å². The number of benzene rings is 1. The van der Waals surface area contributed by atoms with Crippen molar-refractivity contribution >= 4 is 5.91 Å². The summed E-state index contributed by atoms with van der Waals surface area (Å²) >= 11 is 0. The van der Waals surface area contributed by atoms with E-state index in [0.717, 1.165) is 6.42 Å². The Morgan fingerprint density at radius 1 is 1.53 bits per heavy atom. The van der Waals surface area contributed by atoms with Gasteiger partial charge in [-0.2, -0.15) is 0 Å². The molecule has 0 aliphatic heterocycles. The van der Waals surface area contributed by atoms with Crippen LogP contribution < -0.4 is 10.1 Å². The van der Waals surface area contributed by atoms with Gasteiger partial charge in [0.25, 0.3) is 5.91 Å². The van der Waals surface area contributed by atoms with Crippen molar-refractivity contribution in [1.29, 1.82) is 0 Å². The molecule has 1 aromatic rings. The Hall–Kier alpha value is -1.84. The van der Waals surface area contributed by atoms with Crippen LogP contribution in [0, 0.1) is 5.82 Å². The molecule has 1 rings (SSSR count). The summed E-state index contributed by atoms with van der Waals surface area (Å²) in [5.74, 6) is -0.680. The largest absolute Gasteiger partial charge is 0.494 e. The zero-order valence-corrected chi connectivity index (χ0v) is 10.00. The number of carbonyl (C=O) groups excluding carboxylic acids is 1. The zero-order chi connectivity index (χ0) is 12.7. The summed E-state index contributed by atoms with van der Waals surface area (Å²) in [6.45, 7) is 2.46. The number of halogens is 1. The molecular weight excluding hydrogens is 221 g/mol. The Morgan fingerprint density at radius 2 is 2.29 bits per heavy atom. The highest BCUT2D eigenvalue weighted by atomic mass is 19.1. The Kier molecular flexibility index (Phi) is 5.20. The number of allylic oxidation sites excluding steroid dienone is 1. The molecule has 17 heavy (non-hydrogen) atoms. The molecule has 0 unspecified atom stereocenters. The summed E-state index contributed by atoms with van der Waals surface area (Å²) in [4.78, 5) is 11.6. The summed E-state index contributed by atoms with van der Waals surface area (Å²) in [5, 5.41) is 2.70. The fourth-order valence-electron chi connectivity index (χ4n) is 1.35. The SMILES string of the molecule is C/C=C/CCNC(=O)c1ccc(OC)c(F)c1. The highest BCUT2D eigenvalue weighted by Gasteiger charge is 2.08. The molecule has 0 bridgehead atoms. The van der Waals surface area contributed by atoms with Crippen LogP contribution in [0.4, 0.5) is 4.39 Å². The van der Waals surface area contributed by atoms with Gasteiger partial charge in [-0.15, -0.1) is 0 Å². The van der Waals surface area contributed by atoms with Gasteiger partial charge < -0.3 is 10.1 Å². The lowest BCUT2D eigenvalue weighted by Gasteiger charge is -2.06. The van der Waals surface area contributed by atoms with Crippen LogP contribution in [0.2, 0.25) is 0 Å². The van der Waals surface area contributed by atoms with Crippen LogP contribution in [0.15, 0.2) is 30.4 Å². The number of hydrogen-bond donors (Lipinski definition) is 1. The summed E-state index contributed by atoms with van der Waals surface area (Å²) in [5.41, 5.74) is 0.295. The van der Waals surface area contributed by atoms with E-state index in [-0.39, 0.29) is 11.7 Å². The quantitative estimate of drug-likeness (QED) is 0.631. The second-order valence-electron chi connectivity index (χ2n) is 3.46. The average molecular weight is 237 g/mol. The molecule has 1 N–H and O–H groups in total. The van der Waals surface area contributed by atoms with Crippen LogP contribution in [-0.2, 0) is 0 Å². The van der Waals surface area contributed by atoms with Gasteiger partial charge in [0.2, 0.25) is 0 Å². The topological polar surface area (TPSA) is 38.3 Å². The molecule has 0 spiro atoms. The Morgan fingerprint density at radius 3 is 2.88 bits per heavy atom. The van der Waals surface area contributed by atoms with E-state index in [1.165, 1.54) is 25.3 Å². The van der Waals surface area contributed by atoms with Crippen molar-refractivity contribution in [3.63, 3.8) is 0 Å². The zero-order valence-electron chi connectivity index (χ0n) is 10.00. The van der Waals surface area contributed by atoms with Gasteiger partial charge in [0.05, 0.1) is 7.11 Å². The monoisotopic (exact) mass is 237 g/mol. The fourth-order valence-corrected chi connectivity index (χ4v) is 1.35. The fraction of sp³-hybridized carbons (Fsp3) is 0.308. The molecule has 0 fully saturated rings. The van der Waals surface area contributed by atoms with Crippen molar-refractivity contribution in [3.05, 3.63) is 41.7 Å². The maximum absolute atomic E-state index is 13.3. The number of ether oxygens (including phenoxy) is 1. The third kappa shape index (κ3) is 3.90. The predicted molar refractivity (Wildman–Crippen MR) is 64.7 cm³/mol. The maximum atomic E-state index is 13.3. The van der Waals surface area contributed by atoms with E-state index in [1.54, 1.807) is 0 Å². The first-order chi connectivity index (χ1) is 8.19. The number of amides is 1. The van der Waals surface area contributed by atoms with Gasteiger partial charge >= 0.3 is 0 Å². The van der Waals surface area contributed by atoms with Crippen LogP contribution in [-0.4, -0.2) is 19.6 Å². The molecule has 0 aliphatic carbocycles. The second-order valence-corrected chi connectivity index (χ2v) is 3.46. The lowest BCUT2D eigenvalue weighted by Crippen LogP contribution is -2.24. The highest BCUT2D eigenvalue weighted by molar-refractivity contribution is 5.94. The van der Waals surface area contributed by atoms with Crippen LogP contribution in [0.5, 0.6) is 5.75 Å². The van der Waals surface area contributed by atoms with Gasteiger partial charge in [0.15, 0.2) is 11.6 Å². The minimum atomic E-state index is -0.534. The Bertz CT molecular complexity index is 416. The molecule has 0 aromatic heterocycles. The molecule has 0 saturated heterocycles. The van der Waals surface area contributed by atoms with Gasteiger partial charge in [-0.05, 0) is 31.5 Å². The van der Waals surface area contributed by atoms with Gasteiger partial charge in [0.1, 0.15) is 0 Å². The van der Waals surface area contributed by atoms with Crippen molar-refractivity contribution in [2.75, 3.05) is 13.7 Å². The summed E-state index contributed by atoms with van der Waals surface area (Å²) in [6, 6.07) is 4.15. The molecule has 0 atom stereocenters. The van der Waals surface area contributed by atoms with Gasteiger partial charge in [-0.25, -0.2) is 4.39 Å². The van der Waals surface area contributed by atoms with Crippen molar-refractivity contribution in [1.82, 2.24) is 5.32 Å². The van der Waals surface area contributed by atoms with Gasteiger partial charge in [-0.1, -0.05) is 12.2 Å². The van der Waals surface area contributed by atoms with Crippen LogP contribution in [0.3, 0.4) is 0 Å².